The molecule has 46 valence electrons. The molecule has 1 N–H and O–H groups in total. The van der Waals surface area contributed by atoms with E-state index in [1.807, 2.05) is 0 Å². The van der Waals surface area contributed by atoms with Gasteiger partial charge in [-0.3, -0.25) is 4.79 Å². The van der Waals surface area contributed by atoms with Crippen LogP contribution in [0.3, 0.4) is 0 Å². The van der Waals surface area contributed by atoms with Crippen molar-refractivity contribution < 1.29 is 9.90 Å². The maximum Gasteiger partial charge on any atom is 0.304 e. The van der Waals surface area contributed by atoms with E-state index in [4.69, 9.17) is 5.11 Å². The number of aliphatic carboxylic acids is 1. The van der Waals surface area contributed by atoms with Crippen LogP contribution in [0.2, 0.25) is 0 Å². The summed E-state index contributed by atoms with van der Waals surface area (Å²) in [7, 11) is 0. The fourth-order valence-electron chi connectivity index (χ4n) is 0.548. The van der Waals surface area contributed by atoms with Crippen molar-refractivity contribution in [3.05, 3.63) is 0 Å². The number of hydrogen-bond donors (Lipinski definition) is 1. The molecule has 0 aromatic rings. The minimum absolute atomic E-state index is 0.292. The van der Waals surface area contributed by atoms with Gasteiger partial charge in [0.25, 0.3) is 0 Å². The van der Waals surface area contributed by atoms with E-state index in [0.717, 1.165) is 19.6 Å². The first kappa shape index (κ1) is 5.56. The monoisotopic (exact) mass is 115 g/mol. The molecule has 0 aromatic carbocycles. The Morgan fingerprint density at radius 2 is 2.25 bits per heavy atom. The second kappa shape index (κ2) is 2.13. The molecule has 0 bridgehead atoms. The third kappa shape index (κ3) is 1.93. The van der Waals surface area contributed by atoms with Crippen LogP contribution in [0, 0.1) is 0 Å². The van der Waals surface area contributed by atoms with Crippen LogP contribution in [-0.2, 0) is 4.79 Å². The van der Waals surface area contributed by atoms with Gasteiger partial charge < -0.3 is 10.0 Å². The van der Waals surface area contributed by atoms with Crippen LogP contribution in [-0.4, -0.2) is 35.6 Å². The summed E-state index contributed by atoms with van der Waals surface area (Å²) in [6, 6.07) is 0. The number of carboxylic acid groups (broad SMARTS) is 1. The van der Waals surface area contributed by atoms with E-state index in [2.05, 4.69) is 4.90 Å². The summed E-state index contributed by atoms with van der Waals surface area (Å²) in [5.74, 6) is -0.697. The molecule has 1 aliphatic heterocycles. The van der Waals surface area contributed by atoms with E-state index < -0.39 is 5.97 Å². The molecule has 0 amide bonds. The van der Waals surface area contributed by atoms with Crippen LogP contribution >= 0.6 is 0 Å². The van der Waals surface area contributed by atoms with Crippen LogP contribution < -0.4 is 0 Å². The van der Waals surface area contributed by atoms with E-state index in [1.54, 1.807) is 0 Å². The average molecular weight is 115 g/mol. The third-order valence-electron chi connectivity index (χ3n) is 1.18. The second-order valence-corrected chi connectivity index (χ2v) is 1.99. The van der Waals surface area contributed by atoms with Gasteiger partial charge in [-0.05, 0) is 0 Å². The molecular formula is C5H9NO2. The van der Waals surface area contributed by atoms with Gasteiger partial charge in [-0.15, -0.1) is 0 Å². The highest BCUT2D eigenvalue weighted by atomic mass is 16.4. The molecule has 8 heavy (non-hydrogen) atoms. The van der Waals surface area contributed by atoms with E-state index in [9.17, 15) is 4.79 Å². The number of carbonyl (C=O) groups is 1. The molecule has 1 heterocycles. The summed E-state index contributed by atoms with van der Waals surface area (Å²) in [5.41, 5.74) is 0. The smallest absolute Gasteiger partial charge is 0.304 e. The number of rotatable bonds is 3. The fourth-order valence-corrected chi connectivity index (χ4v) is 0.548. The SMILES string of the molecule is O=C(O)CCN1CC1. The van der Waals surface area contributed by atoms with Gasteiger partial charge >= 0.3 is 5.97 Å². The number of hydrogen-bond acceptors (Lipinski definition) is 2. The maximum atomic E-state index is 9.90. The Morgan fingerprint density at radius 3 is 2.62 bits per heavy atom. The predicted octanol–water partition coefficient (Wildman–Crippen LogP) is -0.223. The fraction of sp³-hybridized carbons (Fsp3) is 0.800. The van der Waals surface area contributed by atoms with Crippen LogP contribution in [0.4, 0.5) is 0 Å². The molecule has 0 saturated carbocycles. The first-order valence-corrected chi connectivity index (χ1v) is 2.73. The van der Waals surface area contributed by atoms with E-state index in [1.165, 1.54) is 0 Å². The lowest BCUT2D eigenvalue weighted by Gasteiger charge is -1.92. The summed E-state index contributed by atoms with van der Waals surface area (Å²) in [4.78, 5) is 12.0. The molecule has 1 rings (SSSR count). The van der Waals surface area contributed by atoms with Gasteiger partial charge in [-0.2, -0.15) is 0 Å². The number of nitrogens with zero attached hydrogens (tertiary/aromatic N) is 1. The van der Waals surface area contributed by atoms with Gasteiger partial charge in [0.05, 0.1) is 6.42 Å². The quantitative estimate of drug-likeness (QED) is 0.517. The van der Waals surface area contributed by atoms with E-state index in [0.29, 0.717) is 6.42 Å². The van der Waals surface area contributed by atoms with Crippen molar-refractivity contribution in [2.24, 2.45) is 0 Å². The summed E-state index contributed by atoms with van der Waals surface area (Å²) in [5, 5.41) is 8.16. The average Bonchev–Trinajstić information content (AvgIpc) is 2.41. The molecule has 1 fully saturated rings. The van der Waals surface area contributed by atoms with Gasteiger partial charge in [-0.25, -0.2) is 0 Å². The van der Waals surface area contributed by atoms with Crippen LogP contribution in [0.15, 0.2) is 0 Å². The highest BCUT2D eigenvalue weighted by molar-refractivity contribution is 5.66. The van der Waals surface area contributed by atoms with Crippen molar-refractivity contribution in [3.63, 3.8) is 0 Å². The lowest BCUT2D eigenvalue weighted by Crippen LogP contribution is -2.05. The molecule has 0 unspecified atom stereocenters. The Labute approximate surface area is 47.9 Å². The second-order valence-electron chi connectivity index (χ2n) is 1.99. The van der Waals surface area contributed by atoms with Crippen LogP contribution in [0.5, 0.6) is 0 Å². The minimum atomic E-state index is -0.697. The van der Waals surface area contributed by atoms with Crippen molar-refractivity contribution in [3.8, 4) is 0 Å². The summed E-state index contributed by atoms with van der Waals surface area (Å²) >= 11 is 0. The van der Waals surface area contributed by atoms with Crippen LogP contribution in [0.25, 0.3) is 0 Å². The lowest BCUT2D eigenvalue weighted by atomic mass is 10.4. The Hall–Kier alpha value is -0.570. The zero-order valence-corrected chi connectivity index (χ0v) is 4.63. The zero-order valence-electron chi connectivity index (χ0n) is 4.63. The summed E-state index contributed by atoms with van der Waals surface area (Å²) < 4.78 is 0. The lowest BCUT2D eigenvalue weighted by molar-refractivity contribution is -0.137. The van der Waals surface area contributed by atoms with Crippen molar-refractivity contribution in [1.82, 2.24) is 4.90 Å². The Kier molecular flexibility index (Phi) is 1.48. The minimum Gasteiger partial charge on any atom is -0.481 e. The topological polar surface area (TPSA) is 40.3 Å². The normalized spacial score (nSPS) is 18.5. The number of carboxylic acids is 1. The molecule has 0 atom stereocenters. The molecule has 0 spiro atoms. The van der Waals surface area contributed by atoms with Gasteiger partial charge in [-0.1, -0.05) is 0 Å². The summed E-state index contributed by atoms with van der Waals surface area (Å²) in [6.07, 6.45) is 0.292. The largest absolute Gasteiger partial charge is 0.481 e. The van der Waals surface area contributed by atoms with Crippen molar-refractivity contribution in [1.29, 1.82) is 0 Å². The maximum absolute atomic E-state index is 9.90. The van der Waals surface area contributed by atoms with Crippen molar-refractivity contribution >= 4 is 5.97 Å². The molecule has 0 radical (unpaired) electrons. The van der Waals surface area contributed by atoms with Crippen LogP contribution in [0.1, 0.15) is 6.42 Å². The van der Waals surface area contributed by atoms with E-state index in [-0.39, 0.29) is 0 Å². The molecule has 3 heteroatoms. The molecule has 3 nitrogen and oxygen atoms in total. The highest BCUT2D eigenvalue weighted by Crippen LogP contribution is 2.02. The molecule has 1 saturated heterocycles. The molecular weight excluding hydrogens is 106 g/mol. The zero-order chi connectivity index (χ0) is 5.98. The van der Waals surface area contributed by atoms with Gasteiger partial charge in [0.1, 0.15) is 0 Å². The standard InChI is InChI=1S/C5H9NO2/c7-5(8)1-2-6-3-4-6/h1-4H2,(H,7,8). The Balaban J connectivity index is 1.95. The molecule has 0 aromatic heterocycles. The van der Waals surface area contributed by atoms with Crippen molar-refractivity contribution in [2.45, 2.75) is 6.42 Å². The van der Waals surface area contributed by atoms with Gasteiger partial charge in [0.15, 0.2) is 0 Å². The molecule has 0 aliphatic carbocycles. The van der Waals surface area contributed by atoms with E-state index >= 15 is 0 Å². The molecule has 1 aliphatic rings. The Morgan fingerprint density at radius 1 is 1.62 bits per heavy atom. The first-order valence-electron chi connectivity index (χ1n) is 2.73. The Bertz CT molecular complexity index is 98.6. The van der Waals surface area contributed by atoms with Gasteiger partial charge in [0.2, 0.25) is 0 Å². The first-order chi connectivity index (χ1) is 3.79. The highest BCUT2D eigenvalue weighted by Gasteiger charge is 2.16. The third-order valence-corrected chi connectivity index (χ3v) is 1.18. The van der Waals surface area contributed by atoms with Gasteiger partial charge in [0, 0.05) is 19.6 Å². The van der Waals surface area contributed by atoms with Crippen molar-refractivity contribution in [2.75, 3.05) is 19.6 Å². The predicted molar refractivity (Wildman–Crippen MR) is 28.7 cm³/mol. The summed E-state index contributed by atoms with van der Waals surface area (Å²) in [6.45, 7) is 2.91.